The number of benzene rings is 1. The van der Waals surface area contributed by atoms with E-state index >= 15 is 0 Å². The van der Waals surface area contributed by atoms with E-state index in [4.69, 9.17) is 5.73 Å². The fraction of sp³-hybridized carbons (Fsp3) is 0.250. The molecule has 15 heavy (non-hydrogen) atoms. The molecule has 0 aliphatic rings. The maximum absolute atomic E-state index is 9.47. The molecular formula is C12H14N2O. The van der Waals surface area contributed by atoms with Crippen LogP contribution in [0.5, 0.6) is 0 Å². The number of rotatable bonds is 2. The molecule has 0 saturated carbocycles. The molecule has 0 saturated heterocycles. The van der Waals surface area contributed by atoms with Gasteiger partial charge in [0.05, 0.1) is 17.8 Å². The molecule has 1 heterocycles. The van der Waals surface area contributed by atoms with Gasteiger partial charge in [0.2, 0.25) is 0 Å². The van der Waals surface area contributed by atoms with E-state index in [2.05, 4.69) is 4.98 Å². The molecule has 1 aromatic carbocycles. The van der Waals surface area contributed by atoms with Crippen molar-refractivity contribution >= 4 is 10.8 Å². The maximum atomic E-state index is 9.47. The van der Waals surface area contributed by atoms with E-state index in [0.29, 0.717) is 0 Å². The van der Waals surface area contributed by atoms with Crippen LogP contribution < -0.4 is 5.73 Å². The summed E-state index contributed by atoms with van der Waals surface area (Å²) in [6, 6.07) is 9.40. The van der Waals surface area contributed by atoms with Crippen LogP contribution >= 0.6 is 0 Å². The molecular weight excluding hydrogens is 188 g/mol. The number of hydrogen-bond donors (Lipinski definition) is 2. The number of fused-ring (bicyclic) bond motifs is 1. The van der Waals surface area contributed by atoms with E-state index in [1.54, 1.807) is 13.1 Å². The van der Waals surface area contributed by atoms with Crippen LogP contribution in [0, 0.1) is 0 Å². The lowest BCUT2D eigenvalue weighted by atomic mass is 10.0. The minimum atomic E-state index is -0.594. The largest absolute Gasteiger partial charge is 0.391 e. The number of aromatic nitrogens is 1. The van der Waals surface area contributed by atoms with Crippen LogP contribution in [0.25, 0.3) is 10.8 Å². The molecule has 2 rings (SSSR count). The maximum Gasteiger partial charge on any atom is 0.0737 e. The summed E-state index contributed by atoms with van der Waals surface area (Å²) in [7, 11) is 0. The molecule has 0 radical (unpaired) electrons. The molecule has 3 N–H and O–H groups in total. The lowest BCUT2D eigenvalue weighted by molar-refractivity contribution is 0.163. The minimum Gasteiger partial charge on any atom is -0.391 e. The van der Waals surface area contributed by atoms with Crippen molar-refractivity contribution in [1.82, 2.24) is 4.98 Å². The molecule has 0 bridgehead atoms. The van der Waals surface area contributed by atoms with Crippen molar-refractivity contribution in [2.24, 2.45) is 5.73 Å². The van der Waals surface area contributed by atoms with Gasteiger partial charge in [-0.05, 0) is 18.4 Å². The predicted octanol–water partition coefficient (Wildman–Crippen LogP) is 1.62. The number of aliphatic hydroxyl groups is 1. The Morgan fingerprint density at radius 3 is 2.73 bits per heavy atom. The third-order valence-electron chi connectivity index (χ3n) is 2.54. The van der Waals surface area contributed by atoms with Gasteiger partial charge in [-0.1, -0.05) is 24.3 Å². The summed E-state index contributed by atoms with van der Waals surface area (Å²) in [5.41, 5.74) is 6.64. The first-order valence-corrected chi connectivity index (χ1v) is 4.97. The van der Waals surface area contributed by atoms with Gasteiger partial charge in [0.15, 0.2) is 0 Å². The molecule has 2 aromatic rings. The van der Waals surface area contributed by atoms with E-state index in [-0.39, 0.29) is 0 Å². The highest BCUT2D eigenvalue weighted by molar-refractivity contribution is 5.84. The lowest BCUT2D eigenvalue weighted by Gasteiger charge is -2.15. The molecule has 0 fully saturated rings. The molecule has 0 spiro atoms. The molecule has 2 atom stereocenters. The minimum absolute atomic E-state index is 0.434. The number of nitrogens with zero attached hydrogens (tertiary/aromatic N) is 1. The third-order valence-corrected chi connectivity index (χ3v) is 2.54. The van der Waals surface area contributed by atoms with Gasteiger partial charge in [-0.3, -0.25) is 4.98 Å². The van der Waals surface area contributed by atoms with Crippen LogP contribution in [-0.4, -0.2) is 16.2 Å². The van der Waals surface area contributed by atoms with E-state index in [0.717, 1.165) is 16.5 Å². The van der Waals surface area contributed by atoms with E-state index in [9.17, 15) is 5.11 Å². The summed E-state index contributed by atoms with van der Waals surface area (Å²) in [5.74, 6) is 0. The quantitative estimate of drug-likeness (QED) is 0.778. The first-order valence-electron chi connectivity index (χ1n) is 4.97. The highest BCUT2D eigenvalue weighted by Crippen LogP contribution is 2.22. The van der Waals surface area contributed by atoms with Crippen LogP contribution in [0.15, 0.2) is 36.5 Å². The summed E-state index contributed by atoms with van der Waals surface area (Å²) in [5, 5.41) is 11.6. The molecule has 0 aliphatic carbocycles. The molecule has 3 nitrogen and oxygen atoms in total. The zero-order chi connectivity index (χ0) is 10.8. The van der Waals surface area contributed by atoms with Crippen LogP contribution in [0.3, 0.4) is 0 Å². The van der Waals surface area contributed by atoms with Crippen molar-refractivity contribution < 1.29 is 5.11 Å². The summed E-state index contributed by atoms with van der Waals surface area (Å²) >= 11 is 0. The van der Waals surface area contributed by atoms with E-state index in [1.807, 2.05) is 30.3 Å². The van der Waals surface area contributed by atoms with Crippen LogP contribution in [-0.2, 0) is 0 Å². The monoisotopic (exact) mass is 202 g/mol. The van der Waals surface area contributed by atoms with Gasteiger partial charge in [-0.25, -0.2) is 0 Å². The highest BCUT2D eigenvalue weighted by atomic mass is 16.3. The summed E-state index contributed by atoms with van der Waals surface area (Å²) in [6.45, 7) is 1.67. The Morgan fingerprint density at radius 1 is 1.27 bits per heavy atom. The van der Waals surface area contributed by atoms with Gasteiger partial charge in [-0.2, -0.15) is 0 Å². The van der Waals surface area contributed by atoms with Gasteiger partial charge in [0.25, 0.3) is 0 Å². The average Bonchev–Trinajstić information content (AvgIpc) is 2.27. The van der Waals surface area contributed by atoms with Gasteiger partial charge in [-0.15, -0.1) is 0 Å². The predicted molar refractivity (Wildman–Crippen MR) is 60.4 cm³/mol. The van der Waals surface area contributed by atoms with Crippen LogP contribution in [0.1, 0.15) is 18.7 Å². The van der Waals surface area contributed by atoms with Crippen molar-refractivity contribution in [3.05, 3.63) is 42.2 Å². The van der Waals surface area contributed by atoms with E-state index in [1.165, 1.54) is 0 Å². The highest BCUT2D eigenvalue weighted by Gasteiger charge is 2.15. The third kappa shape index (κ3) is 1.84. The van der Waals surface area contributed by atoms with Crippen molar-refractivity contribution in [2.45, 2.75) is 19.1 Å². The number of aliphatic hydroxyl groups excluding tert-OH is 1. The van der Waals surface area contributed by atoms with Crippen molar-refractivity contribution in [1.29, 1.82) is 0 Å². The fourth-order valence-electron chi connectivity index (χ4n) is 1.64. The molecule has 78 valence electrons. The van der Waals surface area contributed by atoms with Gasteiger partial charge >= 0.3 is 0 Å². The Labute approximate surface area is 88.6 Å². The van der Waals surface area contributed by atoms with Crippen molar-refractivity contribution in [3.8, 4) is 0 Å². The molecule has 0 aliphatic heterocycles. The zero-order valence-corrected chi connectivity index (χ0v) is 8.59. The lowest BCUT2D eigenvalue weighted by Crippen LogP contribution is -2.24. The number of hydrogen-bond acceptors (Lipinski definition) is 3. The second-order valence-electron chi connectivity index (χ2n) is 3.68. The Balaban J connectivity index is 2.60. The number of pyridine rings is 1. The first kappa shape index (κ1) is 10.1. The standard InChI is InChI=1S/C12H14N2O/c1-8(15)11(13)12-10-5-3-2-4-9(10)6-7-14-12/h2-8,11,15H,13H2,1H3. The molecule has 0 amide bonds. The average molecular weight is 202 g/mol. The molecule has 2 unspecified atom stereocenters. The van der Waals surface area contributed by atoms with E-state index < -0.39 is 12.1 Å². The van der Waals surface area contributed by atoms with Crippen LogP contribution in [0.4, 0.5) is 0 Å². The molecule has 3 heteroatoms. The normalized spacial score (nSPS) is 15.1. The van der Waals surface area contributed by atoms with Gasteiger partial charge in [0.1, 0.15) is 0 Å². The van der Waals surface area contributed by atoms with Gasteiger partial charge < -0.3 is 10.8 Å². The summed E-state index contributed by atoms with van der Waals surface area (Å²) in [6.07, 6.45) is 1.13. The summed E-state index contributed by atoms with van der Waals surface area (Å²) < 4.78 is 0. The Hall–Kier alpha value is -1.45. The smallest absolute Gasteiger partial charge is 0.0737 e. The van der Waals surface area contributed by atoms with Crippen LogP contribution in [0.2, 0.25) is 0 Å². The Bertz CT molecular complexity index is 463. The first-order chi connectivity index (χ1) is 7.20. The fourth-order valence-corrected chi connectivity index (χ4v) is 1.64. The van der Waals surface area contributed by atoms with Gasteiger partial charge in [0, 0.05) is 11.6 Å². The Morgan fingerprint density at radius 2 is 2.00 bits per heavy atom. The zero-order valence-electron chi connectivity index (χ0n) is 8.59. The second kappa shape index (κ2) is 3.96. The number of nitrogens with two attached hydrogens (primary N) is 1. The van der Waals surface area contributed by atoms with Crippen molar-refractivity contribution in [3.63, 3.8) is 0 Å². The van der Waals surface area contributed by atoms with Crippen molar-refractivity contribution in [2.75, 3.05) is 0 Å². The SMILES string of the molecule is CC(O)C(N)c1nccc2ccccc12. The summed E-state index contributed by atoms with van der Waals surface area (Å²) in [4.78, 5) is 4.24. The topological polar surface area (TPSA) is 59.1 Å². The Kier molecular flexibility index (Phi) is 2.66. The second-order valence-corrected chi connectivity index (χ2v) is 3.68. The molecule has 1 aromatic heterocycles.